The van der Waals surface area contributed by atoms with Gasteiger partial charge < -0.3 is 26.0 Å². The van der Waals surface area contributed by atoms with Gasteiger partial charge >= 0.3 is 5.97 Å². The number of rotatable bonds is 12. The maximum Gasteiger partial charge on any atom is 0.303 e. The fraction of sp³-hybridized carbons (Fsp3) is 0.429. The first-order valence-electron chi connectivity index (χ1n) is 16.2. The van der Waals surface area contributed by atoms with Gasteiger partial charge in [-0.3, -0.25) is 29.0 Å². The first kappa shape index (κ1) is 35.1. The number of hydrogen-bond acceptors (Lipinski definition) is 6. The van der Waals surface area contributed by atoms with Crippen LogP contribution in [0, 0.1) is 5.41 Å². The fourth-order valence-corrected chi connectivity index (χ4v) is 7.27. The first-order chi connectivity index (χ1) is 23.0. The van der Waals surface area contributed by atoms with E-state index in [0.29, 0.717) is 29.7 Å². The number of aromatic nitrogens is 1. The van der Waals surface area contributed by atoms with Crippen molar-refractivity contribution < 1.29 is 29.1 Å². The van der Waals surface area contributed by atoms with Crippen LogP contribution in [-0.2, 0) is 19.2 Å². The normalized spacial score (nSPS) is 16.7. The summed E-state index contributed by atoms with van der Waals surface area (Å²) in [4.78, 5) is 71.1. The molecule has 254 valence electrons. The van der Waals surface area contributed by atoms with Crippen LogP contribution in [0.4, 0.5) is 5.69 Å². The van der Waals surface area contributed by atoms with E-state index in [1.165, 1.54) is 43.9 Å². The zero-order valence-corrected chi connectivity index (χ0v) is 28.0. The van der Waals surface area contributed by atoms with Crippen molar-refractivity contribution in [1.82, 2.24) is 20.5 Å². The number of carboxylic acids is 1. The van der Waals surface area contributed by atoms with E-state index < -0.39 is 35.8 Å². The quantitative estimate of drug-likeness (QED) is 0.192. The van der Waals surface area contributed by atoms with Crippen molar-refractivity contribution in [1.29, 1.82) is 0 Å². The molecule has 1 aromatic heterocycles. The van der Waals surface area contributed by atoms with Gasteiger partial charge in [-0.15, -0.1) is 0 Å². The van der Waals surface area contributed by atoms with Crippen molar-refractivity contribution in [2.45, 2.75) is 76.3 Å². The third kappa shape index (κ3) is 9.02. The molecule has 1 aliphatic heterocycles. The van der Waals surface area contributed by atoms with Gasteiger partial charge in [0.05, 0.1) is 11.2 Å². The molecule has 1 unspecified atom stereocenters. The van der Waals surface area contributed by atoms with E-state index in [2.05, 4.69) is 20.9 Å². The number of hydrogen-bond donors (Lipinski definition) is 4. The van der Waals surface area contributed by atoms with Gasteiger partial charge in [0.25, 0.3) is 5.91 Å². The number of benzene rings is 2. The van der Waals surface area contributed by atoms with Crippen LogP contribution in [0.15, 0.2) is 54.7 Å². The number of nitrogens with zero attached hydrogens (tertiary/aromatic N) is 2. The Hall–Kier alpha value is -4.22. The molecule has 11 nitrogen and oxygen atoms in total. The molecular weight excluding hydrogens is 657 g/mol. The summed E-state index contributed by atoms with van der Waals surface area (Å²) in [5.41, 5.74) is 1.58. The highest BCUT2D eigenvalue weighted by Gasteiger charge is 2.39. The fourth-order valence-electron chi connectivity index (χ4n) is 6.74. The number of likely N-dealkylation sites (tertiary alicyclic amines) is 1. The Morgan fingerprint density at radius 2 is 1.54 bits per heavy atom. The molecule has 4 N–H and O–H groups in total. The molecule has 2 aliphatic rings. The third-order valence-corrected chi connectivity index (χ3v) is 9.83. The van der Waals surface area contributed by atoms with Crippen LogP contribution < -0.4 is 16.0 Å². The number of anilines is 1. The second-order valence-corrected chi connectivity index (χ2v) is 13.5. The van der Waals surface area contributed by atoms with Gasteiger partial charge in [0.15, 0.2) is 0 Å². The number of carbonyl (C=O) groups is 5. The van der Waals surface area contributed by atoms with Crippen LogP contribution in [0.5, 0.6) is 0 Å². The Morgan fingerprint density at radius 3 is 2.23 bits per heavy atom. The van der Waals surface area contributed by atoms with Crippen LogP contribution in [-0.4, -0.2) is 69.8 Å². The van der Waals surface area contributed by atoms with E-state index in [9.17, 15) is 29.1 Å². The number of carboxylic acid groups (broad SMARTS) is 1. The van der Waals surface area contributed by atoms with Crippen LogP contribution in [0.3, 0.4) is 0 Å². The molecule has 5 rings (SSSR count). The Balaban J connectivity index is 1.27. The summed E-state index contributed by atoms with van der Waals surface area (Å²) in [6.45, 7) is 1.14. The SMILES string of the molecule is O=C(O)CC[C@H](NC(=O)CCC(NC(=O)c1cc(Cl)cc(Cl)c1)C(=O)N1CCC2(CCCC2)CC1)C(=O)Nc1cccc2ncccc12. The van der Waals surface area contributed by atoms with Crippen LogP contribution in [0.1, 0.15) is 74.6 Å². The van der Waals surface area contributed by atoms with Gasteiger partial charge in [-0.05, 0) is 86.4 Å². The smallest absolute Gasteiger partial charge is 0.303 e. The number of nitrogens with one attached hydrogen (secondary N) is 3. The van der Waals surface area contributed by atoms with Crippen LogP contribution in [0.25, 0.3) is 10.9 Å². The summed E-state index contributed by atoms with van der Waals surface area (Å²) in [5.74, 6) is -3.13. The molecule has 48 heavy (non-hydrogen) atoms. The zero-order valence-electron chi connectivity index (χ0n) is 26.5. The van der Waals surface area contributed by atoms with Gasteiger partial charge in [-0.2, -0.15) is 0 Å². The largest absolute Gasteiger partial charge is 0.481 e. The molecule has 2 fully saturated rings. The number of fused-ring (bicyclic) bond motifs is 1. The number of pyridine rings is 1. The minimum atomic E-state index is -1.16. The second-order valence-electron chi connectivity index (χ2n) is 12.7. The van der Waals surface area contributed by atoms with Crippen molar-refractivity contribution in [3.05, 3.63) is 70.3 Å². The number of halogens is 2. The van der Waals surface area contributed by atoms with E-state index >= 15 is 0 Å². The summed E-state index contributed by atoms with van der Waals surface area (Å²) < 4.78 is 0. The monoisotopic (exact) mass is 695 g/mol. The molecular formula is C35H39Cl2N5O6. The molecule has 1 spiro atoms. The van der Waals surface area contributed by atoms with E-state index in [4.69, 9.17) is 23.2 Å². The summed E-state index contributed by atoms with van der Waals surface area (Å²) in [6.07, 6.45) is 7.40. The van der Waals surface area contributed by atoms with E-state index in [-0.39, 0.29) is 52.6 Å². The predicted molar refractivity (Wildman–Crippen MR) is 183 cm³/mol. The molecule has 1 saturated heterocycles. The minimum absolute atomic E-state index is 0.0470. The molecule has 1 saturated carbocycles. The molecule has 2 aromatic carbocycles. The first-order valence-corrected chi connectivity index (χ1v) is 17.0. The molecule has 2 atom stereocenters. The average Bonchev–Trinajstić information content (AvgIpc) is 3.52. The van der Waals surface area contributed by atoms with Crippen molar-refractivity contribution in [2.75, 3.05) is 18.4 Å². The Labute approximate surface area is 288 Å². The minimum Gasteiger partial charge on any atom is -0.481 e. The summed E-state index contributed by atoms with van der Waals surface area (Å²) in [5, 5.41) is 18.7. The van der Waals surface area contributed by atoms with Crippen LogP contribution >= 0.6 is 23.2 Å². The summed E-state index contributed by atoms with van der Waals surface area (Å²) >= 11 is 12.2. The standard InChI is InChI=1S/C35H39Cl2N5O6/c36-23-19-22(20-24(37)21-23)32(46)41-29(34(48)42-17-14-35(15-18-42)12-1-2-13-35)8-10-30(43)39-28(9-11-31(44)45)33(47)40-27-7-3-6-26-25(27)5-4-16-38-26/h3-7,16,19-21,28-29H,1-2,8-15,17-18H2,(H,39,43)(H,40,47)(H,41,46)(H,44,45)/t28-,29?/m0/s1. The van der Waals surface area contributed by atoms with Crippen molar-refractivity contribution in [3.63, 3.8) is 0 Å². The highest BCUT2D eigenvalue weighted by Crippen LogP contribution is 2.46. The number of amides is 4. The summed E-state index contributed by atoms with van der Waals surface area (Å²) in [7, 11) is 0. The second kappa shape index (κ2) is 15.8. The van der Waals surface area contributed by atoms with Gasteiger partial charge in [-0.25, -0.2) is 0 Å². The molecule has 4 amide bonds. The van der Waals surface area contributed by atoms with Crippen LogP contribution in [0.2, 0.25) is 10.0 Å². The Morgan fingerprint density at radius 1 is 0.854 bits per heavy atom. The van der Waals surface area contributed by atoms with Gasteiger partial charge in [0.1, 0.15) is 12.1 Å². The maximum absolute atomic E-state index is 13.8. The lowest BCUT2D eigenvalue weighted by Gasteiger charge is -2.40. The number of aliphatic carboxylic acids is 1. The zero-order chi connectivity index (χ0) is 34.3. The van der Waals surface area contributed by atoms with Crippen molar-refractivity contribution >= 4 is 69.4 Å². The summed E-state index contributed by atoms with van der Waals surface area (Å²) in [6, 6.07) is 10.9. The number of carbonyl (C=O) groups excluding carboxylic acids is 4. The molecule has 0 bridgehead atoms. The van der Waals surface area contributed by atoms with Gasteiger partial charge in [0.2, 0.25) is 17.7 Å². The molecule has 3 aromatic rings. The lowest BCUT2D eigenvalue weighted by atomic mass is 9.77. The molecule has 13 heteroatoms. The van der Waals surface area contributed by atoms with Crippen molar-refractivity contribution in [3.8, 4) is 0 Å². The van der Waals surface area contributed by atoms with E-state index in [1.807, 2.05) is 0 Å². The van der Waals surface area contributed by atoms with E-state index in [1.54, 1.807) is 41.4 Å². The lowest BCUT2D eigenvalue weighted by Crippen LogP contribution is -2.52. The van der Waals surface area contributed by atoms with E-state index in [0.717, 1.165) is 12.8 Å². The van der Waals surface area contributed by atoms with Gasteiger partial charge in [0, 0.05) is 53.1 Å². The molecule has 1 aliphatic carbocycles. The molecule has 2 heterocycles. The highest BCUT2D eigenvalue weighted by atomic mass is 35.5. The average molecular weight is 697 g/mol. The lowest BCUT2D eigenvalue weighted by molar-refractivity contribution is -0.138. The molecule has 0 radical (unpaired) electrons. The third-order valence-electron chi connectivity index (χ3n) is 9.39. The predicted octanol–water partition coefficient (Wildman–Crippen LogP) is 5.59. The topological polar surface area (TPSA) is 158 Å². The Kier molecular flexibility index (Phi) is 11.5. The Bertz CT molecular complexity index is 1660. The van der Waals surface area contributed by atoms with Gasteiger partial charge in [-0.1, -0.05) is 42.1 Å². The highest BCUT2D eigenvalue weighted by molar-refractivity contribution is 6.35. The maximum atomic E-state index is 13.8. The van der Waals surface area contributed by atoms with Crippen molar-refractivity contribution in [2.24, 2.45) is 5.41 Å². The number of piperidine rings is 1.